The van der Waals surface area contributed by atoms with E-state index in [2.05, 4.69) is 52.8 Å². The highest BCUT2D eigenvalue weighted by Crippen LogP contribution is 2.40. The van der Waals surface area contributed by atoms with Gasteiger partial charge in [-0.1, -0.05) is 48.9 Å². The van der Waals surface area contributed by atoms with Crippen molar-refractivity contribution in [1.29, 1.82) is 0 Å². The molecule has 2 heterocycles. The van der Waals surface area contributed by atoms with E-state index in [1.807, 2.05) is 42.7 Å². The van der Waals surface area contributed by atoms with Crippen molar-refractivity contribution in [2.45, 2.75) is 51.7 Å². The highest BCUT2D eigenvalue weighted by atomic mass is 16.5. The Hall–Kier alpha value is -3.34. The van der Waals surface area contributed by atoms with Gasteiger partial charge in [0.2, 0.25) is 0 Å². The largest absolute Gasteiger partial charge is 0.489 e. The number of hydrogen-bond donors (Lipinski definition) is 1. The summed E-state index contributed by atoms with van der Waals surface area (Å²) in [4.78, 5) is 9.78. The van der Waals surface area contributed by atoms with Gasteiger partial charge in [-0.05, 0) is 44.4 Å². The fraction of sp³-hybridized carbons (Fsp3) is 0.308. The third kappa shape index (κ3) is 4.00. The average molecular weight is 413 g/mol. The second-order valence-electron chi connectivity index (χ2n) is 8.54. The van der Waals surface area contributed by atoms with E-state index in [0.29, 0.717) is 12.5 Å². The van der Waals surface area contributed by atoms with Gasteiger partial charge >= 0.3 is 0 Å². The molecule has 2 aromatic heterocycles. The van der Waals surface area contributed by atoms with Gasteiger partial charge in [0.05, 0.1) is 0 Å². The van der Waals surface area contributed by atoms with Gasteiger partial charge in [-0.3, -0.25) is 4.40 Å². The topological polar surface area (TPSA) is 51.5 Å². The predicted octanol–water partition coefficient (Wildman–Crippen LogP) is 6.06. The first kappa shape index (κ1) is 19.6. The zero-order valence-corrected chi connectivity index (χ0v) is 18.1. The zero-order chi connectivity index (χ0) is 21.2. The van der Waals surface area contributed by atoms with Crippen LogP contribution >= 0.6 is 0 Å². The molecular formula is C26H28N4O. The fourth-order valence-corrected chi connectivity index (χ4v) is 4.07. The Bertz CT molecular complexity index is 1180. The van der Waals surface area contributed by atoms with E-state index in [4.69, 9.17) is 9.72 Å². The summed E-state index contributed by atoms with van der Waals surface area (Å²) in [6.45, 7) is 4.81. The number of aromatic nitrogens is 3. The molecule has 0 atom stereocenters. The monoisotopic (exact) mass is 412 g/mol. The third-order valence-electron chi connectivity index (χ3n) is 5.83. The Balaban J connectivity index is 1.54. The van der Waals surface area contributed by atoms with Crippen molar-refractivity contribution in [2.75, 3.05) is 5.32 Å². The van der Waals surface area contributed by atoms with Crippen molar-refractivity contribution in [1.82, 2.24) is 14.4 Å². The molecule has 0 spiro atoms. The van der Waals surface area contributed by atoms with Crippen molar-refractivity contribution in [3.63, 3.8) is 0 Å². The summed E-state index contributed by atoms with van der Waals surface area (Å²) in [6.07, 6.45) is 7.59. The Morgan fingerprint density at radius 2 is 1.94 bits per heavy atom. The number of anilines is 1. The van der Waals surface area contributed by atoms with Crippen LogP contribution in [0.3, 0.4) is 0 Å². The molecule has 2 aromatic carbocycles. The molecule has 5 heteroatoms. The summed E-state index contributed by atoms with van der Waals surface area (Å²) < 4.78 is 8.31. The van der Waals surface area contributed by atoms with Crippen LogP contribution in [0, 0.1) is 0 Å². The van der Waals surface area contributed by atoms with E-state index in [1.54, 1.807) is 0 Å². The first-order valence-electron chi connectivity index (χ1n) is 11.1. The molecule has 1 saturated carbocycles. The van der Waals surface area contributed by atoms with Crippen molar-refractivity contribution in [3.8, 4) is 17.0 Å². The molecular weight excluding hydrogens is 384 g/mol. The Labute approximate surface area is 183 Å². The maximum atomic E-state index is 6.08. The van der Waals surface area contributed by atoms with Crippen LogP contribution in [0.4, 0.5) is 5.82 Å². The number of nitrogens with zero attached hydrogens (tertiary/aromatic N) is 3. The van der Waals surface area contributed by atoms with Gasteiger partial charge in [0.15, 0.2) is 5.82 Å². The first-order valence-corrected chi connectivity index (χ1v) is 11.1. The third-order valence-corrected chi connectivity index (χ3v) is 5.83. The normalized spacial score (nSPS) is 14.0. The number of benzene rings is 2. The van der Waals surface area contributed by atoms with Crippen molar-refractivity contribution < 1.29 is 4.74 Å². The molecule has 0 unspecified atom stereocenters. The number of ether oxygens (including phenoxy) is 1. The maximum Gasteiger partial charge on any atom is 0.152 e. The van der Waals surface area contributed by atoms with Crippen molar-refractivity contribution in [3.05, 3.63) is 78.4 Å². The van der Waals surface area contributed by atoms with E-state index in [0.717, 1.165) is 39.7 Å². The number of fused-ring (bicyclic) bond motifs is 1. The molecule has 1 N–H and O–H groups in total. The van der Waals surface area contributed by atoms with E-state index < -0.39 is 0 Å². The quantitative estimate of drug-likeness (QED) is 0.401. The fourth-order valence-electron chi connectivity index (χ4n) is 4.07. The summed E-state index contributed by atoms with van der Waals surface area (Å²) in [5, 5.41) is 3.50. The lowest BCUT2D eigenvalue weighted by atomic mass is 9.85. The number of nitrogens with one attached hydrogen (secondary N) is 1. The predicted molar refractivity (Wildman–Crippen MR) is 125 cm³/mol. The second kappa shape index (κ2) is 8.42. The molecule has 0 amide bonds. The highest BCUT2D eigenvalue weighted by Gasteiger charge is 2.27. The molecule has 31 heavy (non-hydrogen) atoms. The summed E-state index contributed by atoms with van der Waals surface area (Å²) in [7, 11) is 0. The lowest BCUT2D eigenvalue weighted by Gasteiger charge is -2.24. The van der Waals surface area contributed by atoms with Crippen molar-refractivity contribution in [2.24, 2.45) is 0 Å². The van der Waals surface area contributed by atoms with Crippen LogP contribution in [-0.4, -0.2) is 20.4 Å². The molecule has 5 rings (SSSR count). The molecule has 0 radical (unpaired) electrons. The van der Waals surface area contributed by atoms with Gasteiger partial charge in [0, 0.05) is 29.9 Å². The van der Waals surface area contributed by atoms with Crippen LogP contribution in [0.5, 0.6) is 5.75 Å². The standard InChI is InChI=1S/C26H28N4O/c1-18(2)28-25-24-23(29-26(20-10-6-11-20)30(24)15-14-27-25)21-12-7-13-22(16-21)31-17-19-8-4-3-5-9-19/h3-5,7-9,12-16,18,20H,6,10-11,17H2,1-2H3,(H,27,28). The number of hydrogen-bond acceptors (Lipinski definition) is 4. The van der Waals surface area contributed by atoms with Crippen LogP contribution < -0.4 is 10.1 Å². The van der Waals surface area contributed by atoms with E-state index in [-0.39, 0.29) is 6.04 Å². The van der Waals surface area contributed by atoms with Crippen molar-refractivity contribution >= 4 is 11.3 Å². The van der Waals surface area contributed by atoms with E-state index in [1.165, 1.54) is 19.3 Å². The Morgan fingerprint density at radius 3 is 2.68 bits per heavy atom. The zero-order valence-electron chi connectivity index (χ0n) is 18.1. The Kier molecular flexibility index (Phi) is 5.33. The SMILES string of the molecule is CC(C)Nc1nccn2c(C3CCC3)nc(-c3cccc(OCc4ccccc4)c3)c12. The minimum Gasteiger partial charge on any atom is -0.489 e. The van der Waals surface area contributed by atoms with Gasteiger partial charge in [-0.25, -0.2) is 9.97 Å². The van der Waals surface area contributed by atoms with Crippen LogP contribution in [0.25, 0.3) is 16.8 Å². The van der Waals surface area contributed by atoms with E-state index in [9.17, 15) is 0 Å². The maximum absolute atomic E-state index is 6.08. The molecule has 0 bridgehead atoms. The summed E-state index contributed by atoms with van der Waals surface area (Å²) in [6, 6.07) is 18.8. The number of imidazole rings is 1. The summed E-state index contributed by atoms with van der Waals surface area (Å²) >= 11 is 0. The minimum absolute atomic E-state index is 0.286. The minimum atomic E-state index is 0.286. The van der Waals surface area contributed by atoms with Gasteiger partial charge < -0.3 is 10.1 Å². The summed E-state index contributed by atoms with van der Waals surface area (Å²) in [5.74, 6) is 3.38. The highest BCUT2D eigenvalue weighted by molar-refractivity contribution is 5.87. The molecule has 158 valence electrons. The molecule has 1 aliphatic carbocycles. The molecule has 1 fully saturated rings. The molecule has 0 aliphatic heterocycles. The molecule has 0 saturated heterocycles. The van der Waals surface area contributed by atoms with Gasteiger partial charge in [-0.2, -0.15) is 0 Å². The molecule has 4 aromatic rings. The van der Waals surface area contributed by atoms with Gasteiger partial charge in [-0.15, -0.1) is 0 Å². The van der Waals surface area contributed by atoms with Crippen LogP contribution in [0.2, 0.25) is 0 Å². The lowest BCUT2D eigenvalue weighted by molar-refractivity contribution is 0.306. The first-order chi connectivity index (χ1) is 15.2. The number of rotatable bonds is 7. The molecule has 1 aliphatic rings. The van der Waals surface area contributed by atoms with Crippen LogP contribution in [0.15, 0.2) is 67.0 Å². The smallest absolute Gasteiger partial charge is 0.152 e. The van der Waals surface area contributed by atoms with Gasteiger partial charge in [0.1, 0.15) is 29.4 Å². The average Bonchev–Trinajstić information content (AvgIpc) is 3.12. The Morgan fingerprint density at radius 1 is 1.10 bits per heavy atom. The van der Waals surface area contributed by atoms with Crippen LogP contribution in [0.1, 0.15) is 50.4 Å². The molecule has 5 nitrogen and oxygen atoms in total. The lowest BCUT2D eigenvalue weighted by Crippen LogP contribution is -2.14. The second-order valence-corrected chi connectivity index (χ2v) is 8.54. The summed E-state index contributed by atoms with van der Waals surface area (Å²) in [5.41, 5.74) is 4.20. The van der Waals surface area contributed by atoms with Gasteiger partial charge in [0.25, 0.3) is 0 Å². The van der Waals surface area contributed by atoms with E-state index >= 15 is 0 Å². The van der Waals surface area contributed by atoms with Crippen LogP contribution in [-0.2, 0) is 6.61 Å².